The predicted octanol–water partition coefficient (Wildman–Crippen LogP) is 3.80. The lowest BCUT2D eigenvalue weighted by Crippen LogP contribution is -2.42. The molecule has 1 saturated carbocycles. The Bertz CT molecular complexity index is 798. The number of hydrogen-bond acceptors (Lipinski definition) is 3. The van der Waals surface area contributed by atoms with E-state index >= 15 is 0 Å². The molecule has 23 heavy (non-hydrogen) atoms. The largest absolute Gasteiger partial charge is 0.378 e. The quantitative estimate of drug-likeness (QED) is 0.877. The Labute approximate surface area is 137 Å². The van der Waals surface area contributed by atoms with Crippen LogP contribution < -0.4 is 16.2 Å². The van der Waals surface area contributed by atoms with Crippen molar-refractivity contribution in [3.63, 3.8) is 0 Å². The Morgan fingerprint density at radius 1 is 1.00 bits per heavy atom. The summed E-state index contributed by atoms with van der Waals surface area (Å²) < 4.78 is 0. The lowest BCUT2D eigenvalue weighted by molar-refractivity contribution is 0.253. The van der Waals surface area contributed by atoms with E-state index in [4.69, 9.17) is 0 Å². The Morgan fingerprint density at radius 3 is 2.43 bits per heavy atom. The Balaban J connectivity index is 1.92. The normalized spacial score (nSPS) is 24.8. The fourth-order valence-electron chi connectivity index (χ4n) is 3.67. The molecule has 0 radical (unpaired) electrons. The molecule has 2 aromatic rings. The van der Waals surface area contributed by atoms with Crippen LogP contribution in [0.2, 0.25) is 0 Å². The molecule has 0 saturated heterocycles. The second-order valence-electron chi connectivity index (χ2n) is 7.23. The van der Waals surface area contributed by atoms with E-state index in [1.54, 1.807) is 0 Å². The third-order valence-electron chi connectivity index (χ3n) is 5.74. The first-order valence-electron chi connectivity index (χ1n) is 8.57. The van der Waals surface area contributed by atoms with Gasteiger partial charge >= 0.3 is 0 Å². The van der Waals surface area contributed by atoms with Crippen molar-refractivity contribution in [3.05, 3.63) is 49.8 Å². The monoisotopic (exact) mass is 311 g/mol. The minimum absolute atomic E-state index is 0.285. The molecule has 1 fully saturated rings. The Hall–Kier alpha value is -1.90. The smallest absolute Gasteiger partial charge is 0.250 e. The zero-order valence-corrected chi connectivity index (χ0v) is 14.4. The van der Waals surface area contributed by atoms with Crippen LogP contribution in [-0.2, 0) is 0 Å². The summed E-state index contributed by atoms with van der Waals surface area (Å²) in [6, 6.07) is 6.24. The molecule has 1 aliphatic carbocycles. The summed E-state index contributed by atoms with van der Waals surface area (Å²) >= 11 is 0. The fraction of sp³-hybridized carbons (Fsp3) is 0.500. The van der Waals surface area contributed by atoms with Gasteiger partial charge in [-0.05, 0) is 48.8 Å². The molecule has 0 amide bonds. The topological polar surface area (TPSA) is 46.2 Å². The van der Waals surface area contributed by atoms with E-state index in [1.165, 1.54) is 18.4 Å². The van der Waals surface area contributed by atoms with Gasteiger partial charge in [-0.25, -0.2) is 0 Å². The van der Waals surface area contributed by atoms with Crippen LogP contribution in [0.25, 0.3) is 11.1 Å². The maximum absolute atomic E-state index is 12.1. The van der Waals surface area contributed by atoms with Gasteiger partial charge in [0.1, 0.15) is 0 Å². The highest BCUT2D eigenvalue weighted by atomic mass is 16.2. The van der Waals surface area contributed by atoms with Crippen molar-refractivity contribution >= 4 is 5.69 Å². The molecular weight excluding hydrogens is 286 g/mol. The fourth-order valence-corrected chi connectivity index (χ4v) is 3.67. The van der Waals surface area contributed by atoms with Gasteiger partial charge in [0.15, 0.2) is 0 Å². The van der Waals surface area contributed by atoms with Crippen molar-refractivity contribution in [2.45, 2.75) is 53.0 Å². The standard InChI is InChI=1S/C20H25NO2/c1-11-8-9-15(10-13(11)3)17-18(20(23)19(17)22)21-16-7-5-6-12(2)14(16)4/h8-10,12,14,16,21H,5-7H2,1-4H3/t12-,14+,16-/m1/s1. The van der Waals surface area contributed by atoms with Gasteiger partial charge in [0.25, 0.3) is 0 Å². The van der Waals surface area contributed by atoms with Crippen LogP contribution >= 0.6 is 0 Å². The van der Waals surface area contributed by atoms with Crippen molar-refractivity contribution < 1.29 is 0 Å². The van der Waals surface area contributed by atoms with E-state index < -0.39 is 0 Å². The molecule has 3 rings (SSSR count). The van der Waals surface area contributed by atoms with Crippen LogP contribution in [0.5, 0.6) is 0 Å². The van der Waals surface area contributed by atoms with E-state index in [0.717, 1.165) is 17.5 Å². The first kappa shape index (κ1) is 16.0. The molecule has 0 spiro atoms. The van der Waals surface area contributed by atoms with Gasteiger partial charge < -0.3 is 5.32 Å². The van der Waals surface area contributed by atoms with Crippen molar-refractivity contribution in [2.24, 2.45) is 11.8 Å². The molecule has 1 aliphatic rings. The van der Waals surface area contributed by atoms with E-state index in [9.17, 15) is 9.59 Å². The second-order valence-corrected chi connectivity index (χ2v) is 7.23. The molecule has 2 aromatic carbocycles. The molecule has 3 atom stereocenters. The molecule has 3 heteroatoms. The maximum atomic E-state index is 12.1. The maximum Gasteiger partial charge on any atom is 0.250 e. The van der Waals surface area contributed by atoms with Crippen molar-refractivity contribution in [1.29, 1.82) is 0 Å². The highest BCUT2D eigenvalue weighted by Crippen LogP contribution is 2.33. The molecular formula is C20H25NO2. The first-order valence-corrected chi connectivity index (χ1v) is 8.57. The van der Waals surface area contributed by atoms with Crippen molar-refractivity contribution in [1.82, 2.24) is 0 Å². The van der Waals surface area contributed by atoms with E-state index in [1.807, 2.05) is 32.0 Å². The number of nitrogens with one attached hydrogen (secondary N) is 1. The van der Waals surface area contributed by atoms with Crippen molar-refractivity contribution in [2.75, 3.05) is 5.32 Å². The highest BCUT2D eigenvalue weighted by molar-refractivity contribution is 5.82. The van der Waals surface area contributed by atoms with Gasteiger partial charge in [0, 0.05) is 6.04 Å². The lowest BCUT2D eigenvalue weighted by Gasteiger charge is -2.35. The Kier molecular flexibility index (Phi) is 4.13. The Morgan fingerprint density at radius 2 is 1.74 bits per heavy atom. The summed E-state index contributed by atoms with van der Waals surface area (Å²) in [5.74, 6) is 1.17. The van der Waals surface area contributed by atoms with E-state index in [2.05, 4.69) is 19.2 Å². The second kappa shape index (κ2) is 5.95. The first-order chi connectivity index (χ1) is 10.9. The molecule has 0 bridgehead atoms. The molecule has 0 aromatic heterocycles. The summed E-state index contributed by atoms with van der Waals surface area (Å²) in [7, 11) is 0. The minimum Gasteiger partial charge on any atom is -0.378 e. The highest BCUT2D eigenvalue weighted by Gasteiger charge is 2.30. The summed E-state index contributed by atoms with van der Waals surface area (Å²) in [5, 5.41) is 3.41. The van der Waals surface area contributed by atoms with Gasteiger partial charge in [0.2, 0.25) is 10.9 Å². The molecule has 122 valence electrons. The van der Waals surface area contributed by atoms with Crippen molar-refractivity contribution in [3.8, 4) is 11.1 Å². The summed E-state index contributed by atoms with van der Waals surface area (Å²) in [5.41, 5.74) is 3.58. The van der Waals surface area contributed by atoms with Gasteiger partial charge in [0.05, 0.1) is 11.3 Å². The molecule has 0 heterocycles. The summed E-state index contributed by atoms with van der Waals surface area (Å²) in [6.45, 7) is 8.58. The number of anilines is 1. The van der Waals surface area contributed by atoms with Crippen LogP contribution in [0.4, 0.5) is 5.69 Å². The lowest BCUT2D eigenvalue weighted by atomic mass is 9.77. The van der Waals surface area contributed by atoms with E-state index in [-0.39, 0.29) is 16.9 Å². The van der Waals surface area contributed by atoms with Gasteiger partial charge in [-0.2, -0.15) is 0 Å². The van der Waals surface area contributed by atoms with E-state index in [0.29, 0.717) is 23.1 Å². The number of hydrogen-bond donors (Lipinski definition) is 1. The zero-order valence-electron chi connectivity index (χ0n) is 14.4. The van der Waals surface area contributed by atoms with Gasteiger partial charge in [-0.15, -0.1) is 0 Å². The summed E-state index contributed by atoms with van der Waals surface area (Å²) in [4.78, 5) is 24.2. The molecule has 0 unspecified atom stereocenters. The van der Waals surface area contributed by atoms with Crippen LogP contribution in [0.3, 0.4) is 0 Å². The number of rotatable bonds is 3. The van der Waals surface area contributed by atoms with Crippen LogP contribution in [-0.4, -0.2) is 6.04 Å². The molecule has 0 aliphatic heterocycles. The number of benzene rings is 1. The third kappa shape index (κ3) is 2.73. The van der Waals surface area contributed by atoms with Gasteiger partial charge in [-0.3, -0.25) is 9.59 Å². The zero-order chi connectivity index (χ0) is 16.7. The average molecular weight is 311 g/mol. The summed E-state index contributed by atoms with van der Waals surface area (Å²) in [6.07, 6.45) is 3.49. The molecule has 3 nitrogen and oxygen atoms in total. The minimum atomic E-state index is -0.358. The van der Waals surface area contributed by atoms with Crippen LogP contribution in [0, 0.1) is 25.7 Å². The van der Waals surface area contributed by atoms with Gasteiger partial charge in [-0.1, -0.05) is 44.9 Å². The number of aryl methyl sites for hydroxylation is 2. The van der Waals surface area contributed by atoms with Crippen LogP contribution in [0.15, 0.2) is 27.8 Å². The third-order valence-corrected chi connectivity index (χ3v) is 5.74. The predicted molar refractivity (Wildman–Crippen MR) is 95.9 cm³/mol. The molecule has 1 N–H and O–H groups in total. The average Bonchev–Trinajstić information content (AvgIpc) is 2.53. The van der Waals surface area contributed by atoms with Crippen LogP contribution in [0.1, 0.15) is 44.2 Å². The SMILES string of the molecule is Cc1ccc(-c2c(N[C@@H]3CCC[C@@H](C)[C@@H]3C)c(=O)c2=O)cc1C.